The topological polar surface area (TPSA) is 30.5 Å². The van der Waals surface area contributed by atoms with Gasteiger partial charge in [0.1, 0.15) is 0 Å². The Labute approximate surface area is 138 Å². The Balaban J connectivity index is 0.000000166. The Bertz CT molecular complexity index is 243. The lowest BCUT2D eigenvalue weighted by Crippen LogP contribution is -2.22. The molecule has 0 saturated carbocycles. The first-order valence-electron chi connectivity index (χ1n) is 9.34. The van der Waals surface area contributed by atoms with Crippen LogP contribution in [0.25, 0.3) is 0 Å². The fourth-order valence-electron chi connectivity index (χ4n) is 2.93. The summed E-state index contributed by atoms with van der Waals surface area (Å²) in [6.45, 7) is 17.8. The number of rotatable bonds is 0. The van der Waals surface area contributed by atoms with Crippen LogP contribution in [-0.2, 0) is 9.47 Å². The first-order chi connectivity index (χ1) is 10.4. The molecule has 0 bridgehead atoms. The van der Waals surface area contributed by atoms with E-state index in [9.17, 15) is 0 Å². The van der Waals surface area contributed by atoms with Crippen molar-refractivity contribution >= 4 is 0 Å². The van der Waals surface area contributed by atoms with Crippen molar-refractivity contribution in [2.45, 2.75) is 73.0 Å². The summed E-state index contributed by atoms with van der Waals surface area (Å²) in [5.74, 6) is 3.39. The number of ether oxygens (including phenoxy) is 2. The molecule has 3 heterocycles. The Morgan fingerprint density at radius 3 is 1.32 bits per heavy atom. The van der Waals surface area contributed by atoms with E-state index in [-0.39, 0.29) is 0 Å². The van der Waals surface area contributed by atoms with Crippen LogP contribution in [0.15, 0.2) is 0 Å². The monoisotopic (exact) mass is 313 g/mol. The lowest BCUT2D eigenvalue weighted by atomic mass is 10.0. The van der Waals surface area contributed by atoms with Crippen LogP contribution in [0.2, 0.25) is 0 Å². The van der Waals surface area contributed by atoms with E-state index in [1.165, 1.54) is 32.4 Å². The second-order valence-electron chi connectivity index (χ2n) is 7.79. The first-order valence-corrected chi connectivity index (χ1v) is 9.34. The molecule has 3 nitrogen and oxygen atoms in total. The third-order valence-corrected chi connectivity index (χ3v) is 5.32. The standard InChI is InChI=1S/C7H14O.C6H13N.C6H12O/c1-6-4-3-5-7(2)8-6;2*1-5-3-7-4-6(5)2/h6-7H,3-5H2,1-2H3;5-7H,3-4H2,1-2H3;5-6H,3-4H2,1-2H3. The van der Waals surface area contributed by atoms with Gasteiger partial charge in [-0.25, -0.2) is 0 Å². The van der Waals surface area contributed by atoms with Crippen LogP contribution < -0.4 is 5.32 Å². The van der Waals surface area contributed by atoms with Gasteiger partial charge >= 0.3 is 0 Å². The summed E-state index contributed by atoms with van der Waals surface area (Å²) in [6, 6.07) is 0. The van der Waals surface area contributed by atoms with E-state index in [1.54, 1.807) is 0 Å². The average Bonchev–Trinajstić information content (AvgIpc) is 3.01. The van der Waals surface area contributed by atoms with Crippen molar-refractivity contribution in [2.24, 2.45) is 23.7 Å². The summed E-state index contributed by atoms with van der Waals surface area (Å²) >= 11 is 0. The smallest absolute Gasteiger partial charge is 0.0550 e. The van der Waals surface area contributed by atoms with Gasteiger partial charge in [0, 0.05) is 13.2 Å². The van der Waals surface area contributed by atoms with E-state index in [2.05, 4.69) is 46.9 Å². The maximum Gasteiger partial charge on any atom is 0.0550 e. The van der Waals surface area contributed by atoms with Crippen molar-refractivity contribution in [1.82, 2.24) is 5.32 Å². The maximum absolute atomic E-state index is 5.49. The highest BCUT2D eigenvalue weighted by atomic mass is 16.5. The van der Waals surface area contributed by atoms with Gasteiger partial charge in [-0.05, 0) is 69.9 Å². The molecule has 3 aliphatic heterocycles. The maximum atomic E-state index is 5.49. The average molecular weight is 314 g/mol. The molecule has 0 radical (unpaired) electrons. The minimum Gasteiger partial charge on any atom is -0.381 e. The van der Waals surface area contributed by atoms with E-state index < -0.39 is 0 Å². The van der Waals surface area contributed by atoms with Crippen molar-refractivity contribution in [3.8, 4) is 0 Å². The number of hydrogen-bond acceptors (Lipinski definition) is 3. The summed E-state index contributed by atoms with van der Waals surface area (Å²) in [7, 11) is 0. The molecule has 1 N–H and O–H groups in total. The second-order valence-corrected chi connectivity index (χ2v) is 7.79. The molecule has 3 fully saturated rings. The van der Waals surface area contributed by atoms with Crippen LogP contribution in [0.4, 0.5) is 0 Å². The number of nitrogens with one attached hydrogen (secondary N) is 1. The van der Waals surface area contributed by atoms with Crippen molar-refractivity contribution in [3.63, 3.8) is 0 Å². The molecule has 3 heteroatoms. The van der Waals surface area contributed by atoms with Crippen molar-refractivity contribution < 1.29 is 9.47 Å². The highest BCUT2D eigenvalue weighted by molar-refractivity contribution is 4.73. The first kappa shape index (κ1) is 19.9. The quantitative estimate of drug-likeness (QED) is 0.730. The fourth-order valence-corrected chi connectivity index (χ4v) is 2.93. The Morgan fingerprint density at radius 2 is 1.14 bits per heavy atom. The van der Waals surface area contributed by atoms with Crippen LogP contribution in [0, 0.1) is 23.7 Å². The third kappa shape index (κ3) is 7.94. The second kappa shape index (κ2) is 10.6. The summed E-state index contributed by atoms with van der Waals surface area (Å²) in [4.78, 5) is 0. The van der Waals surface area contributed by atoms with Crippen LogP contribution in [0.3, 0.4) is 0 Å². The molecule has 132 valence electrons. The van der Waals surface area contributed by atoms with Gasteiger partial charge in [0.05, 0.1) is 12.2 Å². The van der Waals surface area contributed by atoms with Crippen LogP contribution in [-0.4, -0.2) is 38.5 Å². The summed E-state index contributed by atoms with van der Waals surface area (Å²) < 4.78 is 10.7. The molecule has 6 unspecified atom stereocenters. The summed E-state index contributed by atoms with van der Waals surface area (Å²) in [5.41, 5.74) is 0. The third-order valence-electron chi connectivity index (χ3n) is 5.32. The molecule has 6 atom stereocenters. The van der Waals surface area contributed by atoms with Gasteiger partial charge < -0.3 is 14.8 Å². The zero-order valence-corrected chi connectivity index (χ0v) is 15.7. The Morgan fingerprint density at radius 1 is 0.682 bits per heavy atom. The largest absolute Gasteiger partial charge is 0.381 e. The normalized spacial score (nSPS) is 41.2. The Kier molecular flexibility index (Phi) is 9.62. The minimum absolute atomic E-state index is 0.513. The van der Waals surface area contributed by atoms with Crippen LogP contribution in [0.1, 0.15) is 60.8 Å². The molecular formula is C19H39NO2. The summed E-state index contributed by atoms with van der Waals surface area (Å²) in [6.07, 6.45) is 4.88. The zero-order valence-electron chi connectivity index (χ0n) is 15.7. The van der Waals surface area contributed by atoms with Gasteiger partial charge in [0.15, 0.2) is 0 Å². The Hall–Kier alpha value is -0.120. The lowest BCUT2D eigenvalue weighted by molar-refractivity contribution is -0.0292. The van der Waals surface area contributed by atoms with Crippen molar-refractivity contribution in [1.29, 1.82) is 0 Å². The van der Waals surface area contributed by atoms with Gasteiger partial charge in [0.25, 0.3) is 0 Å². The van der Waals surface area contributed by atoms with Gasteiger partial charge in [-0.1, -0.05) is 27.7 Å². The van der Waals surface area contributed by atoms with E-state index in [4.69, 9.17) is 9.47 Å². The van der Waals surface area contributed by atoms with Crippen LogP contribution >= 0.6 is 0 Å². The molecule has 0 aromatic rings. The van der Waals surface area contributed by atoms with Crippen molar-refractivity contribution in [3.05, 3.63) is 0 Å². The molecule has 0 amide bonds. The number of hydrogen-bond donors (Lipinski definition) is 1. The SMILES string of the molecule is CC1CCCC(C)O1.CC1CNCC1C.CC1COCC1C. The van der Waals surface area contributed by atoms with Gasteiger partial charge in [-0.2, -0.15) is 0 Å². The summed E-state index contributed by atoms with van der Waals surface area (Å²) in [5, 5.41) is 3.32. The molecule has 0 aromatic carbocycles. The van der Waals surface area contributed by atoms with E-state index in [0.717, 1.165) is 36.9 Å². The van der Waals surface area contributed by atoms with E-state index in [0.29, 0.717) is 12.2 Å². The molecule has 3 aliphatic rings. The molecule has 0 aliphatic carbocycles. The predicted octanol–water partition coefficient (Wildman–Crippen LogP) is 4.11. The van der Waals surface area contributed by atoms with Gasteiger partial charge in [0.2, 0.25) is 0 Å². The van der Waals surface area contributed by atoms with E-state index >= 15 is 0 Å². The molecular weight excluding hydrogens is 274 g/mol. The van der Waals surface area contributed by atoms with E-state index in [1.807, 2.05) is 0 Å². The molecule has 3 saturated heterocycles. The lowest BCUT2D eigenvalue weighted by Gasteiger charge is -2.24. The predicted molar refractivity (Wildman–Crippen MR) is 94.2 cm³/mol. The molecule has 0 aromatic heterocycles. The van der Waals surface area contributed by atoms with Crippen LogP contribution in [0.5, 0.6) is 0 Å². The van der Waals surface area contributed by atoms with Gasteiger partial charge in [-0.3, -0.25) is 0 Å². The van der Waals surface area contributed by atoms with Gasteiger partial charge in [-0.15, -0.1) is 0 Å². The molecule has 0 spiro atoms. The molecule has 22 heavy (non-hydrogen) atoms. The van der Waals surface area contributed by atoms with Crippen molar-refractivity contribution in [2.75, 3.05) is 26.3 Å². The zero-order chi connectivity index (χ0) is 16.5. The minimum atomic E-state index is 0.513. The molecule has 3 rings (SSSR count). The highest BCUT2D eigenvalue weighted by Crippen LogP contribution is 2.18. The fraction of sp³-hybridized carbons (Fsp3) is 1.00. The highest BCUT2D eigenvalue weighted by Gasteiger charge is 2.18.